The van der Waals surface area contributed by atoms with Crippen molar-refractivity contribution < 1.29 is 19.4 Å². The van der Waals surface area contributed by atoms with Crippen LogP contribution in [0.5, 0.6) is 5.88 Å². The number of allylic oxidation sites excluding steroid dienone is 1. The first-order chi connectivity index (χ1) is 23.0. The molecule has 0 fully saturated rings. The van der Waals surface area contributed by atoms with E-state index in [0.29, 0.717) is 59.4 Å². The van der Waals surface area contributed by atoms with Crippen LogP contribution in [0.25, 0.3) is 11.1 Å². The van der Waals surface area contributed by atoms with E-state index in [0.717, 1.165) is 12.8 Å². The minimum atomic E-state index is -0.364. The van der Waals surface area contributed by atoms with Crippen molar-refractivity contribution in [3.05, 3.63) is 93.8 Å². The Kier molecular flexibility index (Phi) is 9.87. The lowest BCUT2D eigenvalue weighted by Gasteiger charge is -2.31. The van der Waals surface area contributed by atoms with Crippen molar-refractivity contribution in [2.24, 2.45) is 12.5 Å². The number of rotatable bonds is 11. The van der Waals surface area contributed by atoms with Crippen molar-refractivity contribution in [2.45, 2.75) is 60.1 Å². The number of fused-ring (bicyclic) bond motifs is 3. The first-order valence-electron chi connectivity index (χ1n) is 15.8. The van der Waals surface area contributed by atoms with Gasteiger partial charge in [-0.1, -0.05) is 33.9 Å². The molecular formula is C37H41N7O5. The molecule has 49 heavy (non-hydrogen) atoms. The van der Waals surface area contributed by atoms with Gasteiger partial charge in [0, 0.05) is 61.8 Å². The standard InChI is InChI=1S/C36H37N7O5.CH4/c1-22(19-37)30(45)7-6-14-48-32-9-5-8-31(40-32)39-27-15-24(20-41(4)34(27)46)25-10-11-38-33(26(25)21-44)43-13-12-42-28(35(43)47)16-23-17-36(2,3)18-29(23)42;/h5,8-11,15-16,20,44H,1,6-7,12-14,17-18,21H2,2-4H3,(H,39,40);1H4. The second kappa shape index (κ2) is 13.9. The number of nitrogens with zero attached hydrogens (tertiary/aromatic N) is 6. The monoisotopic (exact) mass is 663 g/mol. The highest BCUT2D eigenvalue weighted by Crippen LogP contribution is 2.40. The van der Waals surface area contributed by atoms with Crippen molar-refractivity contribution in [2.75, 3.05) is 23.4 Å². The third-order valence-corrected chi connectivity index (χ3v) is 8.82. The third kappa shape index (κ3) is 6.89. The molecule has 1 amide bonds. The number of anilines is 3. The van der Waals surface area contributed by atoms with Crippen LogP contribution in [0.4, 0.5) is 17.3 Å². The molecule has 12 heteroatoms. The van der Waals surface area contributed by atoms with Crippen molar-refractivity contribution >= 4 is 29.0 Å². The van der Waals surface area contributed by atoms with E-state index in [-0.39, 0.29) is 61.0 Å². The van der Waals surface area contributed by atoms with Gasteiger partial charge in [-0.3, -0.25) is 19.3 Å². The molecule has 0 atom stereocenters. The number of aryl methyl sites for hydroxylation is 1. The van der Waals surface area contributed by atoms with Crippen molar-refractivity contribution in [1.82, 2.24) is 19.1 Å². The van der Waals surface area contributed by atoms with Crippen molar-refractivity contribution in [1.29, 1.82) is 5.26 Å². The lowest BCUT2D eigenvalue weighted by Crippen LogP contribution is -2.41. The highest BCUT2D eigenvalue weighted by Gasteiger charge is 2.37. The molecule has 2 aliphatic rings. The maximum atomic E-state index is 13.8. The number of aliphatic hydroxyl groups excluding tert-OH is 1. The molecule has 1 aliphatic heterocycles. The van der Waals surface area contributed by atoms with Gasteiger partial charge in [0.05, 0.1) is 18.8 Å². The molecule has 0 bridgehead atoms. The summed E-state index contributed by atoms with van der Waals surface area (Å²) in [6.07, 6.45) is 5.68. The number of pyridine rings is 3. The fourth-order valence-electron chi connectivity index (χ4n) is 6.53. The van der Waals surface area contributed by atoms with Gasteiger partial charge in [0.15, 0.2) is 5.78 Å². The van der Waals surface area contributed by atoms with Crippen LogP contribution in [0, 0.1) is 16.7 Å². The predicted octanol–water partition coefficient (Wildman–Crippen LogP) is 5.11. The first-order valence-corrected chi connectivity index (χ1v) is 15.8. The van der Waals surface area contributed by atoms with E-state index in [1.165, 1.54) is 15.8 Å². The summed E-state index contributed by atoms with van der Waals surface area (Å²) in [4.78, 5) is 49.4. The number of aliphatic hydroxyl groups is 1. The van der Waals surface area contributed by atoms with Crippen LogP contribution in [0.3, 0.4) is 0 Å². The number of Topliss-reactive ketones (excluding diaryl/α,β-unsaturated/α-hetero) is 1. The van der Waals surface area contributed by atoms with Crippen LogP contribution in [0.1, 0.15) is 61.4 Å². The summed E-state index contributed by atoms with van der Waals surface area (Å²) in [5.41, 5.74) is 4.90. The maximum absolute atomic E-state index is 13.8. The molecule has 6 rings (SSSR count). The minimum absolute atomic E-state index is 0. The molecule has 4 aromatic rings. The van der Waals surface area contributed by atoms with Gasteiger partial charge >= 0.3 is 0 Å². The van der Waals surface area contributed by atoms with Crippen LogP contribution < -0.4 is 20.5 Å². The molecule has 12 nitrogen and oxygen atoms in total. The number of ether oxygens (including phenoxy) is 1. The van der Waals surface area contributed by atoms with Gasteiger partial charge in [-0.15, -0.1) is 0 Å². The van der Waals surface area contributed by atoms with E-state index >= 15 is 0 Å². The van der Waals surface area contributed by atoms with Gasteiger partial charge in [-0.25, -0.2) is 4.98 Å². The lowest BCUT2D eigenvalue weighted by atomic mass is 9.90. The zero-order chi connectivity index (χ0) is 34.2. The Bertz CT molecular complexity index is 2050. The number of nitrogens with one attached hydrogen (secondary N) is 1. The quantitative estimate of drug-likeness (QED) is 0.127. The number of aromatic nitrogens is 4. The summed E-state index contributed by atoms with van der Waals surface area (Å²) < 4.78 is 9.26. The van der Waals surface area contributed by atoms with Gasteiger partial charge in [0.25, 0.3) is 11.5 Å². The Balaban J connectivity index is 0.00000468. The van der Waals surface area contributed by atoms with E-state index in [2.05, 4.69) is 40.3 Å². The zero-order valence-electron chi connectivity index (χ0n) is 27.2. The van der Waals surface area contributed by atoms with Gasteiger partial charge in [-0.05, 0) is 60.1 Å². The predicted molar refractivity (Wildman–Crippen MR) is 187 cm³/mol. The fourth-order valence-corrected chi connectivity index (χ4v) is 6.53. The molecule has 1 aliphatic carbocycles. The smallest absolute Gasteiger partial charge is 0.276 e. The minimum Gasteiger partial charge on any atom is -0.478 e. The lowest BCUT2D eigenvalue weighted by molar-refractivity contribution is -0.115. The number of ketones is 1. The van der Waals surface area contributed by atoms with Crippen molar-refractivity contribution in [3.8, 4) is 23.1 Å². The van der Waals surface area contributed by atoms with Gasteiger partial charge in [-0.2, -0.15) is 10.2 Å². The Morgan fingerprint density at radius 1 is 1.18 bits per heavy atom. The first kappa shape index (κ1) is 34.8. The Morgan fingerprint density at radius 2 is 1.98 bits per heavy atom. The van der Waals surface area contributed by atoms with Gasteiger partial charge < -0.3 is 24.3 Å². The molecule has 0 unspecified atom stereocenters. The summed E-state index contributed by atoms with van der Waals surface area (Å²) in [6, 6.07) is 12.3. The number of carbonyl (C=O) groups is 2. The molecule has 4 aromatic heterocycles. The summed E-state index contributed by atoms with van der Waals surface area (Å²) in [5, 5.41) is 22.5. The Hall–Kier alpha value is -5.54. The van der Waals surface area contributed by atoms with Gasteiger partial charge in [0.2, 0.25) is 5.88 Å². The molecule has 254 valence electrons. The van der Waals surface area contributed by atoms with Crippen LogP contribution in [-0.2, 0) is 37.8 Å². The van der Waals surface area contributed by atoms with Gasteiger partial charge in [0.1, 0.15) is 29.1 Å². The third-order valence-electron chi connectivity index (χ3n) is 8.82. The van der Waals surface area contributed by atoms with Crippen LogP contribution >= 0.6 is 0 Å². The van der Waals surface area contributed by atoms with E-state index in [9.17, 15) is 19.5 Å². The summed E-state index contributed by atoms with van der Waals surface area (Å²) in [5.74, 6) is 0.582. The molecule has 0 saturated carbocycles. The molecule has 2 N–H and O–H groups in total. The second-order valence-corrected chi connectivity index (χ2v) is 13.0. The highest BCUT2D eigenvalue weighted by molar-refractivity contribution is 6.06. The molecule has 0 radical (unpaired) electrons. The number of carbonyl (C=O) groups excluding carboxylic acids is 2. The number of hydrogen-bond acceptors (Lipinski definition) is 9. The van der Waals surface area contributed by atoms with E-state index < -0.39 is 0 Å². The summed E-state index contributed by atoms with van der Waals surface area (Å²) in [7, 11) is 1.63. The zero-order valence-corrected chi connectivity index (χ0v) is 27.2. The van der Waals surface area contributed by atoms with E-state index in [4.69, 9.17) is 10.00 Å². The number of hydrogen-bond donors (Lipinski definition) is 2. The Morgan fingerprint density at radius 3 is 2.73 bits per heavy atom. The SMILES string of the molecule is C.C=C(C#N)C(=O)CCCOc1cccc(Nc2cc(-c3ccnc(N4CCn5c(cc6c5CC(C)(C)C6)C4=O)c3CO)cn(C)c2=O)n1. The number of nitriles is 1. The average Bonchev–Trinajstić information content (AvgIpc) is 3.56. The summed E-state index contributed by atoms with van der Waals surface area (Å²) >= 11 is 0. The van der Waals surface area contributed by atoms with Crippen LogP contribution in [0.2, 0.25) is 0 Å². The molecule has 5 heterocycles. The highest BCUT2D eigenvalue weighted by atomic mass is 16.5. The topological polar surface area (TPSA) is 155 Å². The van der Waals surface area contributed by atoms with E-state index in [1.54, 1.807) is 60.7 Å². The fraction of sp³-hybridized carbons (Fsp3) is 0.351. The van der Waals surface area contributed by atoms with Crippen LogP contribution in [-0.4, -0.2) is 49.1 Å². The normalized spacial score (nSPS) is 14.3. The Labute approximate surface area is 285 Å². The molecular weight excluding hydrogens is 622 g/mol. The molecule has 0 aromatic carbocycles. The van der Waals surface area contributed by atoms with Crippen LogP contribution in [0.15, 0.2) is 65.7 Å². The summed E-state index contributed by atoms with van der Waals surface area (Å²) in [6.45, 7) is 8.82. The largest absolute Gasteiger partial charge is 0.478 e. The number of amides is 1. The maximum Gasteiger partial charge on any atom is 0.276 e. The second-order valence-electron chi connectivity index (χ2n) is 13.0. The molecule has 0 spiro atoms. The average molecular weight is 664 g/mol. The van der Waals surface area contributed by atoms with E-state index in [1.807, 2.05) is 6.07 Å². The van der Waals surface area contributed by atoms with Crippen molar-refractivity contribution in [3.63, 3.8) is 0 Å². The molecule has 0 saturated heterocycles.